The van der Waals surface area contributed by atoms with Crippen LogP contribution in [0.2, 0.25) is 0 Å². The minimum Gasteiger partial charge on any atom is -0.497 e. The zero-order valence-electron chi connectivity index (χ0n) is 14.2. The Morgan fingerprint density at radius 3 is 2.68 bits per heavy atom. The van der Waals surface area contributed by atoms with Crippen molar-refractivity contribution in [3.8, 4) is 5.75 Å². The summed E-state index contributed by atoms with van der Waals surface area (Å²) >= 11 is 1.39. The van der Waals surface area contributed by atoms with Gasteiger partial charge < -0.3 is 15.0 Å². The number of amidine groups is 1. The van der Waals surface area contributed by atoms with Gasteiger partial charge in [0.25, 0.3) is 0 Å². The molecule has 3 rings (SSSR count). The highest BCUT2D eigenvalue weighted by Crippen LogP contribution is 2.34. The molecule has 0 fully saturated rings. The Morgan fingerprint density at radius 2 is 1.96 bits per heavy atom. The number of nitrogens with zero attached hydrogens (tertiary/aromatic N) is 2. The Morgan fingerprint density at radius 1 is 1.24 bits per heavy atom. The highest BCUT2D eigenvalue weighted by Gasteiger charge is 2.21. The highest BCUT2D eigenvalue weighted by molar-refractivity contribution is 8.14. The van der Waals surface area contributed by atoms with Crippen molar-refractivity contribution in [1.82, 2.24) is 4.90 Å². The summed E-state index contributed by atoms with van der Waals surface area (Å²) in [5.41, 5.74) is 3.50. The molecule has 1 amide bonds. The van der Waals surface area contributed by atoms with Crippen LogP contribution in [0.3, 0.4) is 0 Å². The van der Waals surface area contributed by atoms with Crippen molar-refractivity contribution < 1.29 is 9.53 Å². The van der Waals surface area contributed by atoms with Gasteiger partial charge in [-0.1, -0.05) is 36.5 Å². The molecule has 0 aromatic heterocycles. The topological polar surface area (TPSA) is 53.9 Å². The quantitative estimate of drug-likeness (QED) is 0.904. The number of methoxy groups -OCH3 is 1. The van der Waals surface area contributed by atoms with Crippen LogP contribution < -0.4 is 10.1 Å². The van der Waals surface area contributed by atoms with E-state index in [4.69, 9.17) is 4.74 Å². The van der Waals surface area contributed by atoms with E-state index in [-0.39, 0.29) is 11.7 Å². The van der Waals surface area contributed by atoms with E-state index in [1.807, 2.05) is 60.5 Å². The van der Waals surface area contributed by atoms with Gasteiger partial charge in [-0.15, -0.1) is 0 Å². The molecule has 1 aliphatic heterocycles. The molecule has 0 radical (unpaired) electrons. The molecule has 0 saturated carbocycles. The van der Waals surface area contributed by atoms with Crippen LogP contribution in [0.4, 0.5) is 11.4 Å². The molecule has 25 heavy (non-hydrogen) atoms. The van der Waals surface area contributed by atoms with Crippen molar-refractivity contribution in [3.63, 3.8) is 0 Å². The molecule has 1 heterocycles. The number of nitrogens with one attached hydrogen (secondary N) is 1. The first kappa shape index (κ1) is 17.1. The highest BCUT2D eigenvalue weighted by atomic mass is 32.2. The number of thioether (sulfide) groups is 1. The van der Waals surface area contributed by atoms with E-state index >= 15 is 0 Å². The van der Waals surface area contributed by atoms with Crippen LogP contribution in [0.1, 0.15) is 5.56 Å². The number of anilines is 1. The van der Waals surface area contributed by atoms with Crippen LogP contribution in [0.5, 0.6) is 5.75 Å². The molecule has 2 aromatic carbocycles. The molecule has 0 saturated heterocycles. The molecule has 2 aromatic rings. The molecule has 0 spiro atoms. The SMILES string of the molecule is C=C1c2ccccc2N=C(SCC(=O)Nc2ccc(OC)cc2)N1C. The Kier molecular flexibility index (Phi) is 5.09. The fourth-order valence-electron chi connectivity index (χ4n) is 2.42. The summed E-state index contributed by atoms with van der Waals surface area (Å²) in [4.78, 5) is 18.7. The summed E-state index contributed by atoms with van der Waals surface area (Å²) in [5.74, 6) is 0.934. The number of carbonyl (C=O) groups excluding carboxylic acids is 1. The molecule has 6 heteroatoms. The van der Waals surface area contributed by atoms with Gasteiger partial charge >= 0.3 is 0 Å². The largest absolute Gasteiger partial charge is 0.497 e. The monoisotopic (exact) mass is 353 g/mol. The number of amides is 1. The lowest BCUT2D eigenvalue weighted by molar-refractivity contribution is -0.113. The van der Waals surface area contributed by atoms with Crippen molar-refractivity contribution in [1.29, 1.82) is 0 Å². The molecule has 0 atom stereocenters. The van der Waals surface area contributed by atoms with Crippen LogP contribution >= 0.6 is 11.8 Å². The van der Waals surface area contributed by atoms with E-state index in [1.54, 1.807) is 7.11 Å². The molecule has 128 valence electrons. The summed E-state index contributed by atoms with van der Waals surface area (Å²) in [7, 11) is 3.52. The van der Waals surface area contributed by atoms with Gasteiger partial charge in [0, 0.05) is 24.0 Å². The lowest BCUT2D eigenvalue weighted by atomic mass is 10.1. The average molecular weight is 353 g/mol. The minimum atomic E-state index is -0.0873. The van der Waals surface area contributed by atoms with Gasteiger partial charge in [0.2, 0.25) is 5.91 Å². The summed E-state index contributed by atoms with van der Waals surface area (Å²) in [6, 6.07) is 15.1. The number of fused-ring (bicyclic) bond motifs is 1. The normalized spacial score (nSPS) is 13.1. The third-order valence-corrected chi connectivity index (χ3v) is 4.86. The smallest absolute Gasteiger partial charge is 0.234 e. The molecule has 0 unspecified atom stereocenters. The number of benzene rings is 2. The summed E-state index contributed by atoms with van der Waals surface area (Å²) in [6.45, 7) is 4.12. The van der Waals surface area contributed by atoms with E-state index in [1.165, 1.54) is 11.8 Å². The molecule has 0 aliphatic carbocycles. The third kappa shape index (κ3) is 3.85. The molecule has 5 nitrogen and oxygen atoms in total. The van der Waals surface area contributed by atoms with Crippen LogP contribution in [-0.2, 0) is 4.79 Å². The number of hydrogen-bond donors (Lipinski definition) is 1. The maximum absolute atomic E-state index is 12.2. The van der Waals surface area contributed by atoms with Crippen LogP contribution in [0, 0.1) is 0 Å². The van der Waals surface area contributed by atoms with Gasteiger partial charge in [-0.2, -0.15) is 0 Å². The molecular weight excluding hydrogens is 334 g/mol. The number of carbonyl (C=O) groups is 1. The zero-order valence-corrected chi connectivity index (χ0v) is 15.0. The number of para-hydroxylation sites is 1. The molecule has 1 aliphatic rings. The van der Waals surface area contributed by atoms with Gasteiger partial charge in [-0.05, 0) is 30.3 Å². The standard InChI is InChI=1S/C19H19N3O2S/c1-13-16-6-4-5-7-17(16)21-19(22(13)2)25-12-18(23)20-14-8-10-15(24-3)11-9-14/h4-11H,1,12H2,2-3H3,(H,20,23). The predicted molar refractivity (Wildman–Crippen MR) is 104 cm³/mol. The number of ether oxygens (including phenoxy) is 1. The van der Waals surface area contributed by atoms with Crippen molar-refractivity contribution in [2.75, 3.05) is 25.2 Å². The maximum Gasteiger partial charge on any atom is 0.234 e. The number of aliphatic imine (C=N–C) groups is 1. The van der Waals surface area contributed by atoms with E-state index < -0.39 is 0 Å². The lowest BCUT2D eigenvalue weighted by Crippen LogP contribution is -2.26. The summed E-state index contributed by atoms with van der Waals surface area (Å²) in [6.07, 6.45) is 0. The van der Waals surface area contributed by atoms with E-state index in [0.717, 1.165) is 33.6 Å². The first-order chi connectivity index (χ1) is 12.1. The Balaban J connectivity index is 1.63. The number of rotatable bonds is 4. The summed E-state index contributed by atoms with van der Waals surface area (Å²) in [5, 5.41) is 3.62. The fourth-order valence-corrected chi connectivity index (χ4v) is 3.22. The molecule has 0 bridgehead atoms. The summed E-state index contributed by atoms with van der Waals surface area (Å²) < 4.78 is 5.11. The van der Waals surface area contributed by atoms with Gasteiger partial charge in [-0.3, -0.25) is 4.79 Å². The molecule has 1 N–H and O–H groups in total. The average Bonchev–Trinajstić information content (AvgIpc) is 2.64. The Bertz CT molecular complexity index is 831. The predicted octanol–water partition coefficient (Wildman–Crippen LogP) is 3.97. The van der Waals surface area contributed by atoms with Crippen molar-refractivity contribution in [3.05, 3.63) is 60.7 Å². The maximum atomic E-state index is 12.2. The number of hydrogen-bond acceptors (Lipinski definition) is 5. The van der Waals surface area contributed by atoms with Gasteiger partial charge in [0.1, 0.15) is 5.75 Å². The molecular formula is C19H19N3O2S. The lowest BCUT2D eigenvalue weighted by Gasteiger charge is -2.28. The Hall–Kier alpha value is -2.73. The first-order valence-electron chi connectivity index (χ1n) is 7.76. The van der Waals surface area contributed by atoms with Gasteiger partial charge in [-0.25, -0.2) is 4.99 Å². The second-order valence-corrected chi connectivity index (χ2v) is 6.43. The second-order valence-electron chi connectivity index (χ2n) is 5.48. The van der Waals surface area contributed by atoms with E-state index in [2.05, 4.69) is 16.9 Å². The van der Waals surface area contributed by atoms with Crippen LogP contribution in [0.25, 0.3) is 5.70 Å². The van der Waals surface area contributed by atoms with Gasteiger partial charge in [0.15, 0.2) is 5.17 Å². The van der Waals surface area contributed by atoms with Crippen molar-refractivity contribution in [2.24, 2.45) is 4.99 Å². The minimum absolute atomic E-state index is 0.0873. The third-order valence-electron chi connectivity index (χ3n) is 3.83. The second kappa shape index (κ2) is 7.44. The van der Waals surface area contributed by atoms with Gasteiger partial charge in [0.05, 0.1) is 18.6 Å². The van der Waals surface area contributed by atoms with Crippen LogP contribution in [-0.4, -0.2) is 35.9 Å². The van der Waals surface area contributed by atoms with Crippen molar-refractivity contribution in [2.45, 2.75) is 0 Å². The van der Waals surface area contributed by atoms with Crippen molar-refractivity contribution >= 4 is 39.9 Å². The van der Waals surface area contributed by atoms with E-state index in [9.17, 15) is 4.79 Å². The van der Waals surface area contributed by atoms with Crippen LogP contribution in [0.15, 0.2) is 60.1 Å². The Labute approximate surface area is 151 Å². The first-order valence-corrected chi connectivity index (χ1v) is 8.74. The van der Waals surface area contributed by atoms with E-state index in [0.29, 0.717) is 0 Å². The fraction of sp³-hybridized carbons (Fsp3) is 0.158. The zero-order chi connectivity index (χ0) is 17.8.